The number of amides is 1. The zero-order valence-corrected chi connectivity index (χ0v) is 16.3. The Bertz CT molecular complexity index is 1090. The Morgan fingerprint density at radius 1 is 1.11 bits per heavy atom. The number of aryl methyl sites for hydroxylation is 1. The van der Waals surface area contributed by atoms with Crippen LogP contribution in [0.2, 0.25) is 5.02 Å². The molecule has 0 saturated carbocycles. The lowest BCUT2D eigenvalue weighted by Crippen LogP contribution is -2.12. The zero-order valence-electron chi connectivity index (χ0n) is 14.8. The van der Waals surface area contributed by atoms with Crippen LogP contribution in [0.25, 0.3) is 22.6 Å². The van der Waals surface area contributed by atoms with Crippen molar-refractivity contribution in [3.05, 3.63) is 77.1 Å². The summed E-state index contributed by atoms with van der Waals surface area (Å²) < 4.78 is 5.73. The van der Waals surface area contributed by atoms with Crippen LogP contribution in [0.4, 0.5) is 5.13 Å². The Morgan fingerprint density at radius 3 is 2.71 bits per heavy atom. The standard InChI is InChI=1S/C21H16ClN3O2S/c22-16-9-5-4-8-15(16)17-13-28-21(24-17)25-19(26)10-11-20-23-12-18(27-20)14-6-2-1-3-7-14/h1-9,12-13H,10-11H2,(H,24,25,26). The lowest BCUT2D eigenvalue weighted by atomic mass is 10.2. The van der Waals surface area contributed by atoms with E-state index in [9.17, 15) is 4.79 Å². The van der Waals surface area contributed by atoms with Crippen LogP contribution in [0, 0.1) is 0 Å². The van der Waals surface area contributed by atoms with Crippen molar-refractivity contribution in [2.24, 2.45) is 0 Å². The van der Waals surface area contributed by atoms with Crippen molar-refractivity contribution in [2.45, 2.75) is 12.8 Å². The summed E-state index contributed by atoms with van der Waals surface area (Å²) in [6, 6.07) is 17.2. The fraction of sp³-hybridized carbons (Fsp3) is 0.0952. The molecule has 0 aliphatic rings. The summed E-state index contributed by atoms with van der Waals surface area (Å²) in [6.45, 7) is 0. The number of thiazole rings is 1. The number of hydrogen-bond acceptors (Lipinski definition) is 5. The number of rotatable bonds is 6. The Balaban J connectivity index is 1.34. The predicted molar refractivity (Wildman–Crippen MR) is 111 cm³/mol. The van der Waals surface area contributed by atoms with Crippen LogP contribution in [-0.2, 0) is 11.2 Å². The summed E-state index contributed by atoms with van der Waals surface area (Å²) in [4.78, 5) is 20.9. The van der Waals surface area contributed by atoms with Gasteiger partial charge in [-0.05, 0) is 6.07 Å². The number of carbonyl (C=O) groups excluding carboxylic acids is 1. The van der Waals surface area contributed by atoms with E-state index in [1.807, 2.05) is 60.0 Å². The van der Waals surface area contributed by atoms with Crippen LogP contribution in [0.3, 0.4) is 0 Å². The maximum atomic E-state index is 12.2. The van der Waals surface area contributed by atoms with Crippen LogP contribution in [0.5, 0.6) is 0 Å². The van der Waals surface area contributed by atoms with Crippen LogP contribution < -0.4 is 5.32 Å². The van der Waals surface area contributed by atoms with Crippen molar-refractivity contribution in [1.82, 2.24) is 9.97 Å². The Labute approximate surface area is 171 Å². The van der Waals surface area contributed by atoms with E-state index in [4.69, 9.17) is 16.0 Å². The average Bonchev–Trinajstić information content (AvgIpc) is 3.37. The van der Waals surface area contributed by atoms with Gasteiger partial charge in [-0.3, -0.25) is 4.79 Å². The Morgan fingerprint density at radius 2 is 1.89 bits per heavy atom. The van der Waals surface area contributed by atoms with Gasteiger partial charge in [0.05, 0.1) is 11.9 Å². The van der Waals surface area contributed by atoms with Crippen molar-refractivity contribution in [3.8, 4) is 22.6 Å². The molecule has 2 heterocycles. The molecule has 2 aromatic heterocycles. The van der Waals surface area contributed by atoms with Crippen molar-refractivity contribution < 1.29 is 9.21 Å². The molecule has 0 fully saturated rings. The summed E-state index contributed by atoms with van der Waals surface area (Å²) in [6.07, 6.45) is 2.36. The van der Waals surface area contributed by atoms with Gasteiger partial charge in [0.15, 0.2) is 16.8 Å². The molecule has 1 N–H and O–H groups in total. The van der Waals surface area contributed by atoms with Gasteiger partial charge in [0.2, 0.25) is 5.91 Å². The third-order valence-corrected chi connectivity index (χ3v) is 5.17. The van der Waals surface area contributed by atoms with E-state index in [0.29, 0.717) is 28.2 Å². The summed E-state index contributed by atoms with van der Waals surface area (Å²) in [5.41, 5.74) is 2.54. The first kappa shape index (κ1) is 18.4. The highest BCUT2D eigenvalue weighted by atomic mass is 35.5. The van der Waals surface area contributed by atoms with E-state index in [1.165, 1.54) is 11.3 Å². The summed E-state index contributed by atoms with van der Waals surface area (Å²) in [7, 11) is 0. The molecule has 7 heteroatoms. The lowest BCUT2D eigenvalue weighted by Gasteiger charge is -2.01. The zero-order chi connectivity index (χ0) is 19.3. The third kappa shape index (κ3) is 4.30. The number of nitrogens with one attached hydrogen (secondary N) is 1. The van der Waals surface area contributed by atoms with Crippen molar-refractivity contribution in [1.29, 1.82) is 0 Å². The van der Waals surface area contributed by atoms with Gasteiger partial charge in [-0.2, -0.15) is 0 Å². The third-order valence-electron chi connectivity index (χ3n) is 4.08. The van der Waals surface area contributed by atoms with Gasteiger partial charge in [0, 0.05) is 34.4 Å². The summed E-state index contributed by atoms with van der Waals surface area (Å²) >= 11 is 7.56. The number of oxazole rings is 1. The molecule has 0 aliphatic carbocycles. The SMILES string of the molecule is O=C(CCc1ncc(-c2ccccc2)o1)Nc1nc(-c2ccccc2Cl)cs1. The molecule has 2 aromatic carbocycles. The first-order valence-corrected chi connectivity index (χ1v) is 9.95. The summed E-state index contributed by atoms with van der Waals surface area (Å²) in [5.74, 6) is 1.09. The second kappa shape index (κ2) is 8.37. The molecule has 0 aliphatic heterocycles. The van der Waals surface area contributed by atoms with Gasteiger partial charge in [-0.15, -0.1) is 11.3 Å². The molecule has 0 radical (unpaired) electrons. The molecule has 1 amide bonds. The quantitative estimate of drug-likeness (QED) is 0.444. The number of carbonyl (C=O) groups is 1. The van der Waals surface area contributed by atoms with Crippen molar-refractivity contribution >= 4 is 34.0 Å². The number of halogens is 1. The number of aromatic nitrogens is 2. The molecule has 0 atom stereocenters. The van der Waals surface area contributed by atoms with Gasteiger partial charge in [0.25, 0.3) is 0 Å². The van der Waals surface area contributed by atoms with E-state index >= 15 is 0 Å². The fourth-order valence-corrected chi connectivity index (χ4v) is 3.65. The number of hydrogen-bond donors (Lipinski definition) is 1. The molecule has 0 saturated heterocycles. The smallest absolute Gasteiger partial charge is 0.226 e. The predicted octanol–water partition coefficient (Wildman–Crippen LogP) is 5.69. The molecule has 0 unspecified atom stereocenters. The second-order valence-corrected chi connectivity index (χ2v) is 7.32. The van der Waals surface area contributed by atoms with Crippen LogP contribution in [0.1, 0.15) is 12.3 Å². The summed E-state index contributed by atoms with van der Waals surface area (Å²) in [5, 5.41) is 5.86. The largest absolute Gasteiger partial charge is 0.441 e. The molecule has 140 valence electrons. The topological polar surface area (TPSA) is 68.0 Å². The Hall–Kier alpha value is -2.96. The molecular formula is C21H16ClN3O2S. The highest BCUT2D eigenvalue weighted by molar-refractivity contribution is 7.14. The minimum Gasteiger partial charge on any atom is -0.441 e. The maximum Gasteiger partial charge on any atom is 0.226 e. The highest BCUT2D eigenvalue weighted by Gasteiger charge is 2.12. The lowest BCUT2D eigenvalue weighted by molar-refractivity contribution is -0.116. The molecule has 5 nitrogen and oxygen atoms in total. The van der Waals surface area contributed by atoms with E-state index in [1.54, 1.807) is 6.20 Å². The molecule has 0 spiro atoms. The van der Waals surface area contributed by atoms with E-state index in [-0.39, 0.29) is 12.3 Å². The molecular weight excluding hydrogens is 394 g/mol. The second-order valence-electron chi connectivity index (χ2n) is 6.05. The van der Waals surface area contributed by atoms with Gasteiger partial charge >= 0.3 is 0 Å². The van der Waals surface area contributed by atoms with Crippen LogP contribution >= 0.6 is 22.9 Å². The molecule has 0 bridgehead atoms. The van der Waals surface area contributed by atoms with Crippen molar-refractivity contribution in [2.75, 3.05) is 5.32 Å². The van der Waals surface area contributed by atoms with E-state index in [0.717, 1.165) is 16.8 Å². The maximum absolute atomic E-state index is 12.2. The van der Waals surface area contributed by atoms with E-state index < -0.39 is 0 Å². The van der Waals surface area contributed by atoms with Gasteiger partial charge in [-0.25, -0.2) is 9.97 Å². The minimum absolute atomic E-state index is 0.139. The monoisotopic (exact) mass is 409 g/mol. The van der Waals surface area contributed by atoms with Crippen LogP contribution in [-0.4, -0.2) is 15.9 Å². The molecule has 4 rings (SSSR count). The minimum atomic E-state index is -0.139. The Kier molecular flexibility index (Phi) is 5.50. The fourth-order valence-electron chi connectivity index (χ4n) is 2.69. The first-order valence-electron chi connectivity index (χ1n) is 8.69. The normalized spacial score (nSPS) is 10.8. The number of anilines is 1. The van der Waals surface area contributed by atoms with Gasteiger partial charge in [-0.1, -0.05) is 60.1 Å². The van der Waals surface area contributed by atoms with E-state index in [2.05, 4.69) is 15.3 Å². The van der Waals surface area contributed by atoms with Gasteiger partial charge < -0.3 is 9.73 Å². The van der Waals surface area contributed by atoms with Crippen LogP contribution in [0.15, 0.2) is 70.6 Å². The molecule has 4 aromatic rings. The van der Waals surface area contributed by atoms with Gasteiger partial charge in [0.1, 0.15) is 0 Å². The number of nitrogens with zero attached hydrogens (tertiary/aromatic N) is 2. The molecule has 28 heavy (non-hydrogen) atoms. The first-order chi connectivity index (χ1) is 13.7. The number of benzene rings is 2. The highest BCUT2D eigenvalue weighted by Crippen LogP contribution is 2.30. The average molecular weight is 410 g/mol. The van der Waals surface area contributed by atoms with Crippen molar-refractivity contribution in [3.63, 3.8) is 0 Å².